The van der Waals surface area contributed by atoms with Crippen LogP contribution in [0.15, 0.2) is 12.5 Å². The van der Waals surface area contributed by atoms with Crippen LogP contribution < -0.4 is 0 Å². The first-order valence-electron chi connectivity index (χ1n) is 5.15. The molecule has 6 nitrogen and oxygen atoms in total. The SMILES string of the molecule is CCCn1ncnc1Cn1cc(CCl)nn1. The van der Waals surface area contributed by atoms with E-state index in [9.17, 15) is 0 Å². The molecule has 0 fully saturated rings. The minimum atomic E-state index is 0.377. The first-order chi connectivity index (χ1) is 7.83. The third-order valence-corrected chi connectivity index (χ3v) is 2.43. The molecule has 0 saturated heterocycles. The lowest BCUT2D eigenvalue weighted by Crippen LogP contribution is -2.10. The highest BCUT2D eigenvalue weighted by Gasteiger charge is 2.06. The minimum absolute atomic E-state index is 0.377. The molecular formula is C9H13ClN6. The first-order valence-corrected chi connectivity index (χ1v) is 5.68. The Morgan fingerprint density at radius 3 is 3.00 bits per heavy atom. The number of rotatable bonds is 5. The standard InChI is InChI=1S/C9H13ClN6/c1-2-3-16-9(11-7-12-16)6-15-5-8(4-10)13-14-15/h5,7H,2-4,6H2,1H3. The summed E-state index contributed by atoms with van der Waals surface area (Å²) in [6, 6.07) is 0. The maximum atomic E-state index is 5.65. The van der Waals surface area contributed by atoms with E-state index in [-0.39, 0.29) is 0 Å². The van der Waals surface area contributed by atoms with E-state index in [0.29, 0.717) is 12.4 Å². The minimum Gasteiger partial charge on any atom is -0.248 e. The van der Waals surface area contributed by atoms with Crippen LogP contribution in [0.2, 0.25) is 0 Å². The number of aromatic nitrogens is 6. The average molecular weight is 241 g/mol. The fraction of sp³-hybridized carbons (Fsp3) is 0.556. The molecule has 0 aliphatic carbocycles. The van der Waals surface area contributed by atoms with Gasteiger partial charge >= 0.3 is 0 Å². The molecule has 0 bridgehead atoms. The van der Waals surface area contributed by atoms with Crippen LogP contribution in [0.4, 0.5) is 0 Å². The predicted octanol–water partition coefficient (Wildman–Crippen LogP) is 1.07. The normalized spacial score (nSPS) is 10.9. The second kappa shape index (κ2) is 5.07. The molecule has 2 aromatic heterocycles. The van der Waals surface area contributed by atoms with Gasteiger partial charge in [0, 0.05) is 6.54 Å². The highest BCUT2D eigenvalue weighted by atomic mass is 35.5. The van der Waals surface area contributed by atoms with Crippen LogP contribution in [0.3, 0.4) is 0 Å². The zero-order valence-electron chi connectivity index (χ0n) is 9.04. The largest absolute Gasteiger partial charge is 0.248 e. The van der Waals surface area contributed by atoms with Gasteiger partial charge in [0.05, 0.1) is 17.8 Å². The summed E-state index contributed by atoms with van der Waals surface area (Å²) in [5.41, 5.74) is 0.767. The van der Waals surface area contributed by atoms with E-state index >= 15 is 0 Å². The van der Waals surface area contributed by atoms with Gasteiger partial charge in [0.1, 0.15) is 18.7 Å². The van der Waals surface area contributed by atoms with Crippen LogP contribution in [0.1, 0.15) is 24.9 Å². The molecule has 0 radical (unpaired) electrons. The monoisotopic (exact) mass is 240 g/mol. The van der Waals surface area contributed by atoms with Crippen molar-refractivity contribution in [3.8, 4) is 0 Å². The van der Waals surface area contributed by atoms with Crippen molar-refractivity contribution < 1.29 is 0 Å². The highest BCUT2D eigenvalue weighted by molar-refractivity contribution is 6.16. The molecule has 2 rings (SSSR count). The molecule has 0 N–H and O–H groups in total. The molecular weight excluding hydrogens is 228 g/mol. The van der Waals surface area contributed by atoms with Crippen LogP contribution in [-0.4, -0.2) is 29.8 Å². The van der Waals surface area contributed by atoms with E-state index < -0.39 is 0 Å². The number of aryl methyl sites for hydroxylation is 1. The highest BCUT2D eigenvalue weighted by Crippen LogP contribution is 2.02. The molecule has 0 aliphatic rings. The summed E-state index contributed by atoms with van der Waals surface area (Å²) in [4.78, 5) is 4.20. The molecule has 16 heavy (non-hydrogen) atoms. The van der Waals surface area contributed by atoms with Gasteiger partial charge in [-0.15, -0.1) is 16.7 Å². The predicted molar refractivity (Wildman–Crippen MR) is 59.0 cm³/mol. The molecule has 2 heterocycles. The summed E-state index contributed by atoms with van der Waals surface area (Å²) in [5.74, 6) is 1.26. The van der Waals surface area contributed by atoms with Gasteiger partial charge in [-0.25, -0.2) is 14.3 Å². The van der Waals surface area contributed by atoms with Crippen LogP contribution in [0.5, 0.6) is 0 Å². The number of hydrogen-bond acceptors (Lipinski definition) is 4. The van der Waals surface area contributed by atoms with Crippen molar-refractivity contribution >= 4 is 11.6 Å². The lowest BCUT2D eigenvalue weighted by Gasteiger charge is -2.03. The molecule has 0 atom stereocenters. The lowest BCUT2D eigenvalue weighted by molar-refractivity contribution is 0.532. The molecule has 0 aromatic carbocycles. The van der Waals surface area contributed by atoms with E-state index in [1.165, 1.54) is 0 Å². The third-order valence-electron chi connectivity index (χ3n) is 2.16. The Hall–Kier alpha value is -1.43. The van der Waals surface area contributed by atoms with Gasteiger partial charge in [0.2, 0.25) is 0 Å². The van der Waals surface area contributed by atoms with E-state index in [1.54, 1.807) is 11.0 Å². The van der Waals surface area contributed by atoms with Crippen molar-refractivity contribution in [2.45, 2.75) is 32.3 Å². The molecule has 86 valence electrons. The fourth-order valence-corrected chi connectivity index (χ4v) is 1.55. The third kappa shape index (κ3) is 2.38. The van der Waals surface area contributed by atoms with Gasteiger partial charge < -0.3 is 0 Å². The Morgan fingerprint density at radius 2 is 2.31 bits per heavy atom. The Labute approximate surface area is 98.2 Å². The second-order valence-electron chi connectivity index (χ2n) is 3.44. The van der Waals surface area contributed by atoms with Gasteiger partial charge in [-0.1, -0.05) is 12.1 Å². The Bertz CT molecular complexity index is 448. The summed E-state index contributed by atoms with van der Waals surface area (Å²) in [5, 5.41) is 12.0. The van der Waals surface area contributed by atoms with Gasteiger partial charge in [0.25, 0.3) is 0 Å². The summed E-state index contributed by atoms with van der Waals surface area (Å²) in [6.45, 7) is 3.54. The van der Waals surface area contributed by atoms with Gasteiger partial charge in [0.15, 0.2) is 0 Å². The maximum Gasteiger partial charge on any atom is 0.148 e. The van der Waals surface area contributed by atoms with E-state index in [1.807, 2.05) is 10.9 Å². The zero-order chi connectivity index (χ0) is 11.4. The lowest BCUT2D eigenvalue weighted by atomic mass is 10.4. The molecule has 7 heteroatoms. The van der Waals surface area contributed by atoms with Crippen LogP contribution in [-0.2, 0) is 19.0 Å². The molecule has 0 unspecified atom stereocenters. The Balaban J connectivity index is 2.10. The number of alkyl halides is 1. The smallest absolute Gasteiger partial charge is 0.148 e. The van der Waals surface area contributed by atoms with Crippen molar-refractivity contribution in [3.63, 3.8) is 0 Å². The Kier molecular flexibility index (Phi) is 3.51. The molecule has 0 saturated carbocycles. The molecule has 0 aliphatic heterocycles. The van der Waals surface area contributed by atoms with Crippen molar-refractivity contribution in [1.29, 1.82) is 0 Å². The molecule has 0 spiro atoms. The van der Waals surface area contributed by atoms with Crippen LogP contribution in [0.25, 0.3) is 0 Å². The topological polar surface area (TPSA) is 61.4 Å². The second-order valence-corrected chi connectivity index (χ2v) is 3.71. The van der Waals surface area contributed by atoms with E-state index in [4.69, 9.17) is 11.6 Å². The summed E-state index contributed by atoms with van der Waals surface area (Å²) < 4.78 is 3.59. The molecule has 2 aromatic rings. The van der Waals surface area contributed by atoms with Crippen molar-refractivity contribution in [2.24, 2.45) is 0 Å². The average Bonchev–Trinajstić information content (AvgIpc) is 2.90. The van der Waals surface area contributed by atoms with Gasteiger partial charge in [-0.2, -0.15) is 5.10 Å². The molecule has 0 amide bonds. The van der Waals surface area contributed by atoms with Crippen molar-refractivity contribution in [1.82, 2.24) is 29.8 Å². The zero-order valence-corrected chi connectivity index (χ0v) is 9.80. The van der Waals surface area contributed by atoms with Gasteiger partial charge in [-0.05, 0) is 6.42 Å². The summed E-state index contributed by atoms with van der Waals surface area (Å²) >= 11 is 5.65. The fourth-order valence-electron chi connectivity index (χ4n) is 1.43. The quantitative estimate of drug-likeness (QED) is 0.734. The summed E-state index contributed by atoms with van der Waals surface area (Å²) in [6.07, 6.45) is 4.41. The summed E-state index contributed by atoms with van der Waals surface area (Å²) in [7, 11) is 0. The maximum absolute atomic E-state index is 5.65. The number of hydrogen-bond donors (Lipinski definition) is 0. The Morgan fingerprint density at radius 1 is 1.44 bits per heavy atom. The number of nitrogens with zero attached hydrogens (tertiary/aromatic N) is 6. The van der Waals surface area contributed by atoms with Crippen molar-refractivity contribution in [3.05, 3.63) is 24.0 Å². The van der Waals surface area contributed by atoms with Crippen LogP contribution in [0, 0.1) is 0 Å². The first kappa shape index (κ1) is 11.1. The van der Waals surface area contributed by atoms with E-state index in [0.717, 1.165) is 24.5 Å². The van der Waals surface area contributed by atoms with E-state index in [2.05, 4.69) is 27.3 Å². The number of halogens is 1. The van der Waals surface area contributed by atoms with Crippen LogP contribution >= 0.6 is 11.6 Å². The van der Waals surface area contributed by atoms with Gasteiger partial charge in [-0.3, -0.25) is 0 Å². The van der Waals surface area contributed by atoms with Crippen molar-refractivity contribution in [2.75, 3.05) is 0 Å².